The molecule has 0 saturated heterocycles. The van der Waals surface area contributed by atoms with Crippen LogP contribution in [-0.2, 0) is 0 Å². The lowest BCUT2D eigenvalue weighted by atomic mass is 9.92. The first-order valence-electron chi connectivity index (χ1n) is 5.36. The van der Waals surface area contributed by atoms with Gasteiger partial charge in [-0.15, -0.1) is 11.8 Å². The van der Waals surface area contributed by atoms with Crippen LogP contribution in [0.5, 0.6) is 5.75 Å². The predicted octanol–water partition coefficient (Wildman–Crippen LogP) is 2.62. The van der Waals surface area contributed by atoms with E-state index in [1.165, 1.54) is 22.6 Å². The first-order chi connectivity index (χ1) is 7.35. The van der Waals surface area contributed by atoms with Gasteiger partial charge >= 0.3 is 0 Å². The van der Waals surface area contributed by atoms with Crippen molar-refractivity contribution in [3.63, 3.8) is 0 Å². The quantitative estimate of drug-likeness (QED) is 0.855. The summed E-state index contributed by atoms with van der Waals surface area (Å²) in [5, 5.41) is 0. The molecule has 1 aliphatic heterocycles. The number of ether oxygens (including phenoxy) is 1. The van der Waals surface area contributed by atoms with Crippen LogP contribution in [0.25, 0.3) is 0 Å². The Bertz CT molecular complexity index is 340. The van der Waals surface area contributed by atoms with E-state index in [1.54, 1.807) is 7.11 Å². The first kappa shape index (κ1) is 10.8. The molecule has 0 radical (unpaired) electrons. The fourth-order valence-electron chi connectivity index (χ4n) is 2.07. The number of rotatable bonds is 3. The number of benzene rings is 1. The van der Waals surface area contributed by atoms with Crippen LogP contribution < -0.4 is 10.5 Å². The van der Waals surface area contributed by atoms with Crippen LogP contribution in [-0.4, -0.2) is 19.4 Å². The Morgan fingerprint density at radius 3 is 3.13 bits per heavy atom. The second kappa shape index (κ2) is 4.90. The molecule has 1 aliphatic rings. The summed E-state index contributed by atoms with van der Waals surface area (Å²) in [6, 6.07) is 6.37. The number of thioether (sulfide) groups is 1. The number of fused-ring (bicyclic) bond motifs is 1. The maximum atomic E-state index is 5.65. The fraction of sp³-hybridized carbons (Fsp3) is 0.500. The van der Waals surface area contributed by atoms with Crippen molar-refractivity contribution in [2.75, 3.05) is 19.4 Å². The van der Waals surface area contributed by atoms with Gasteiger partial charge < -0.3 is 10.5 Å². The molecule has 1 atom stereocenters. The molecule has 15 heavy (non-hydrogen) atoms. The van der Waals surface area contributed by atoms with E-state index < -0.39 is 0 Å². The SMILES string of the molecule is COc1ccc2c(c1)C(CCN)CCS2. The first-order valence-corrected chi connectivity index (χ1v) is 6.34. The highest BCUT2D eigenvalue weighted by Crippen LogP contribution is 2.40. The Kier molecular flexibility index (Phi) is 3.54. The average molecular weight is 223 g/mol. The standard InChI is InChI=1S/C12H17NOS/c1-14-10-2-3-12-11(8-10)9(4-6-13)5-7-15-12/h2-3,8-9H,4-7,13H2,1H3. The molecule has 0 bridgehead atoms. The highest BCUT2D eigenvalue weighted by atomic mass is 32.2. The Morgan fingerprint density at radius 2 is 2.40 bits per heavy atom. The summed E-state index contributed by atoms with van der Waals surface area (Å²) < 4.78 is 5.27. The third-order valence-electron chi connectivity index (χ3n) is 2.90. The van der Waals surface area contributed by atoms with Gasteiger partial charge in [-0.3, -0.25) is 0 Å². The second-order valence-electron chi connectivity index (χ2n) is 3.82. The molecule has 82 valence electrons. The Morgan fingerprint density at radius 1 is 1.53 bits per heavy atom. The van der Waals surface area contributed by atoms with Gasteiger partial charge in [-0.2, -0.15) is 0 Å². The van der Waals surface area contributed by atoms with Crippen LogP contribution in [0.3, 0.4) is 0 Å². The molecule has 0 saturated carbocycles. The fourth-order valence-corrected chi connectivity index (χ4v) is 3.25. The van der Waals surface area contributed by atoms with Crippen molar-refractivity contribution in [3.05, 3.63) is 23.8 Å². The minimum Gasteiger partial charge on any atom is -0.497 e. The lowest BCUT2D eigenvalue weighted by molar-refractivity contribution is 0.412. The summed E-state index contributed by atoms with van der Waals surface area (Å²) in [5.41, 5.74) is 7.08. The molecule has 0 aliphatic carbocycles. The predicted molar refractivity (Wildman–Crippen MR) is 64.7 cm³/mol. The van der Waals surface area contributed by atoms with Gasteiger partial charge in [0, 0.05) is 4.90 Å². The topological polar surface area (TPSA) is 35.2 Å². The van der Waals surface area contributed by atoms with Crippen LogP contribution >= 0.6 is 11.8 Å². The molecule has 1 aromatic carbocycles. The van der Waals surface area contributed by atoms with Gasteiger partial charge in [0.1, 0.15) is 5.75 Å². The highest BCUT2D eigenvalue weighted by molar-refractivity contribution is 7.99. The normalized spacial score (nSPS) is 19.7. The van der Waals surface area contributed by atoms with Crippen LogP contribution in [0.4, 0.5) is 0 Å². The van der Waals surface area contributed by atoms with Crippen molar-refractivity contribution in [1.82, 2.24) is 0 Å². The zero-order valence-corrected chi connectivity index (χ0v) is 9.85. The molecule has 0 aromatic heterocycles. The van der Waals surface area contributed by atoms with Crippen molar-refractivity contribution in [1.29, 1.82) is 0 Å². The summed E-state index contributed by atoms with van der Waals surface area (Å²) >= 11 is 1.94. The van der Waals surface area contributed by atoms with E-state index >= 15 is 0 Å². The maximum absolute atomic E-state index is 5.65. The van der Waals surface area contributed by atoms with Gasteiger partial charge in [0.25, 0.3) is 0 Å². The van der Waals surface area contributed by atoms with E-state index in [9.17, 15) is 0 Å². The molecule has 1 aromatic rings. The Balaban J connectivity index is 2.30. The molecule has 1 heterocycles. The third-order valence-corrected chi connectivity index (χ3v) is 4.02. The molecule has 0 fully saturated rings. The lowest BCUT2D eigenvalue weighted by Crippen LogP contribution is -2.12. The van der Waals surface area contributed by atoms with Crippen molar-refractivity contribution in [2.45, 2.75) is 23.7 Å². The summed E-state index contributed by atoms with van der Waals surface area (Å²) in [5.74, 6) is 2.80. The largest absolute Gasteiger partial charge is 0.497 e. The van der Waals surface area contributed by atoms with Gasteiger partial charge in [-0.1, -0.05) is 0 Å². The van der Waals surface area contributed by atoms with E-state index in [0.29, 0.717) is 5.92 Å². The molecule has 2 N–H and O–H groups in total. The van der Waals surface area contributed by atoms with Crippen LogP contribution in [0.2, 0.25) is 0 Å². The number of hydrogen-bond donors (Lipinski definition) is 1. The Labute approximate surface area is 95.2 Å². The maximum Gasteiger partial charge on any atom is 0.119 e. The molecule has 2 nitrogen and oxygen atoms in total. The van der Waals surface area contributed by atoms with Crippen LogP contribution in [0, 0.1) is 0 Å². The molecule has 0 spiro atoms. The summed E-state index contributed by atoms with van der Waals surface area (Å²) in [7, 11) is 1.72. The van der Waals surface area contributed by atoms with E-state index in [0.717, 1.165) is 18.7 Å². The smallest absolute Gasteiger partial charge is 0.119 e. The average Bonchev–Trinajstić information content (AvgIpc) is 2.29. The number of hydrogen-bond acceptors (Lipinski definition) is 3. The van der Waals surface area contributed by atoms with Crippen molar-refractivity contribution in [3.8, 4) is 5.75 Å². The zero-order chi connectivity index (χ0) is 10.7. The molecule has 2 rings (SSSR count). The minimum absolute atomic E-state index is 0.626. The monoisotopic (exact) mass is 223 g/mol. The summed E-state index contributed by atoms with van der Waals surface area (Å²) in [6.45, 7) is 0.770. The van der Waals surface area contributed by atoms with Crippen LogP contribution in [0.15, 0.2) is 23.1 Å². The van der Waals surface area contributed by atoms with E-state index in [4.69, 9.17) is 10.5 Å². The Hall–Kier alpha value is -0.670. The number of methoxy groups -OCH3 is 1. The summed E-state index contributed by atoms with van der Waals surface area (Å²) in [6.07, 6.45) is 2.32. The molecule has 0 amide bonds. The zero-order valence-electron chi connectivity index (χ0n) is 9.03. The summed E-state index contributed by atoms with van der Waals surface area (Å²) in [4.78, 5) is 1.40. The van der Waals surface area contributed by atoms with E-state index in [1.807, 2.05) is 17.8 Å². The highest BCUT2D eigenvalue weighted by Gasteiger charge is 2.20. The minimum atomic E-state index is 0.626. The van der Waals surface area contributed by atoms with Crippen LogP contribution in [0.1, 0.15) is 24.3 Å². The molecule has 3 heteroatoms. The molecule has 1 unspecified atom stereocenters. The van der Waals surface area contributed by atoms with E-state index in [-0.39, 0.29) is 0 Å². The molecular formula is C12H17NOS. The lowest BCUT2D eigenvalue weighted by Gasteiger charge is -2.25. The van der Waals surface area contributed by atoms with Crippen molar-refractivity contribution >= 4 is 11.8 Å². The third kappa shape index (κ3) is 2.29. The van der Waals surface area contributed by atoms with Crippen molar-refractivity contribution in [2.24, 2.45) is 5.73 Å². The second-order valence-corrected chi connectivity index (χ2v) is 4.95. The van der Waals surface area contributed by atoms with E-state index in [2.05, 4.69) is 12.1 Å². The van der Waals surface area contributed by atoms with Gasteiger partial charge in [0.05, 0.1) is 7.11 Å². The van der Waals surface area contributed by atoms with Gasteiger partial charge in [0.2, 0.25) is 0 Å². The molecular weight excluding hydrogens is 206 g/mol. The van der Waals surface area contributed by atoms with Gasteiger partial charge in [0.15, 0.2) is 0 Å². The van der Waals surface area contributed by atoms with Gasteiger partial charge in [-0.05, 0) is 54.8 Å². The number of nitrogens with two attached hydrogens (primary N) is 1. The van der Waals surface area contributed by atoms with Gasteiger partial charge in [-0.25, -0.2) is 0 Å². The van der Waals surface area contributed by atoms with Crippen molar-refractivity contribution < 1.29 is 4.74 Å².